The molecule has 1 aromatic heterocycles. The number of rotatable bonds is 7. The van der Waals surface area contributed by atoms with Gasteiger partial charge in [-0.3, -0.25) is 24.0 Å². The van der Waals surface area contributed by atoms with Gasteiger partial charge in [-0.2, -0.15) is 5.10 Å². The fourth-order valence-electron chi connectivity index (χ4n) is 4.67. The molecule has 10 nitrogen and oxygen atoms in total. The molecule has 3 amide bonds. The van der Waals surface area contributed by atoms with Gasteiger partial charge in [-0.15, -0.1) is 0 Å². The molecule has 32 heavy (non-hydrogen) atoms. The Labute approximate surface area is 188 Å². The second-order valence-corrected chi connectivity index (χ2v) is 9.23. The van der Waals surface area contributed by atoms with Crippen molar-refractivity contribution in [2.24, 2.45) is 0 Å². The van der Waals surface area contributed by atoms with E-state index in [9.17, 15) is 14.4 Å². The van der Waals surface area contributed by atoms with Crippen molar-refractivity contribution in [3.05, 3.63) is 17.5 Å². The molecule has 1 aliphatic carbocycles. The molecule has 0 bridgehead atoms. The zero-order valence-electron chi connectivity index (χ0n) is 19.1. The van der Waals surface area contributed by atoms with E-state index in [4.69, 9.17) is 4.74 Å². The first-order chi connectivity index (χ1) is 15.4. The Kier molecular flexibility index (Phi) is 6.80. The lowest BCUT2D eigenvalue weighted by Crippen LogP contribution is -2.63. The third kappa shape index (κ3) is 4.66. The highest BCUT2D eigenvalue weighted by atomic mass is 16.5. The van der Waals surface area contributed by atoms with Crippen molar-refractivity contribution in [1.82, 2.24) is 30.2 Å². The summed E-state index contributed by atoms with van der Waals surface area (Å²) in [4.78, 5) is 42.4. The van der Waals surface area contributed by atoms with Crippen molar-refractivity contribution in [2.45, 2.75) is 57.2 Å². The van der Waals surface area contributed by atoms with E-state index in [1.54, 1.807) is 14.0 Å². The number of ether oxygens (including phenoxy) is 1. The normalized spacial score (nSPS) is 24.4. The highest BCUT2D eigenvalue weighted by Crippen LogP contribution is 2.27. The zero-order valence-corrected chi connectivity index (χ0v) is 19.1. The third-order valence-corrected chi connectivity index (χ3v) is 6.95. The van der Waals surface area contributed by atoms with Gasteiger partial charge in [0.1, 0.15) is 11.2 Å². The van der Waals surface area contributed by atoms with Crippen molar-refractivity contribution in [2.75, 3.05) is 46.4 Å². The second-order valence-electron chi connectivity index (χ2n) is 9.23. The van der Waals surface area contributed by atoms with Gasteiger partial charge < -0.3 is 20.3 Å². The monoisotopic (exact) mass is 446 g/mol. The van der Waals surface area contributed by atoms with Crippen LogP contribution in [0.1, 0.15) is 60.0 Å². The number of morpholine rings is 1. The Morgan fingerprint density at radius 3 is 2.69 bits per heavy atom. The van der Waals surface area contributed by atoms with Crippen LogP contribution in [0.15, 0.2) is 6.07 Å². The number of carbonyl (C=O) groups is 3. The number of hydrogen-bond donors (Lipinski definition) is 2. The smallest absolute Gasteiger partial charge is 0.272 e. The van der Waals surface area contributed by atoms with Crippen LogP contribution < -0.4 is 10.6 Å². The number of nitrogens with zero attached hydrogens (tertiary/aromatic N) is 4. The molecule has 4 rings (SSSR count). The maximum atomic E-state index is 13.0. The van der Waals surface area contributed by atoms with Gasteiger partial charge in [0.15, 0.2) is 5.69 Å². The molecule has 10 heteroatoms. The van der Waals surface area contributed by atoms with Crippen molar-refractivity contribution < 1.29 is 19.1 Å². The largest absolute Gasteiger partial charge is 0.379 e. The lowest BCUT2D eigenvalue weighted by atomic mass is 9.95. The SMILES string of the molecule is CN1C(=O)c2cc(C(=O)NCCCN3CCOCC3)nn2CC1(C)C(=O)NC1CCCC1. The summed E-state index contributed by atoms with van der Waals surface area (Å²) < 4.78 is 6.84. The van der Waals surface area contributed by atoms with Crippen molar-refractivity contribution in [1.29, 1.82) is 0 Å². The van der Waals surface area contributed by atoms with Crippen LogP contribution in [-0.2, 0) is 16.1 Å². The molecule has 0 radical (unpaired) electrons. The molecule has 0 spiro atoms. The van der Waals surface area contributed by atoms with Gasteiger partial charge in [0.2, 0.25) is 5.91 Å². The molecule has 1 atom stereocenters. The zero-order chi connectivity index (χ0) is 22.7. The molecule has 2 aliphatic heterocycles. The molecule has 2 fully saturated rings. The molecule has 2 N–H and O–H groups in total. The van der Waals surface area contributed by atoms with Crippen LogP contribution in [0.4, 0.5) is 0 Å². The van der Waals surface area contributed by atoms with Gasteiger partial charge in [0.05, 0.1) is 19.8 Å². The first kappa shape index (κ1) is 22.7. The van der Waals surface area contributed by atoms with Crippen LogP contribution in [-0.4, -0.2) is 95.3 Å². The average molecular weight is 447 g/mol. The number of amides is 3. The molecule has 176 valence electrons. The summed E-state index contributed by atoms with van der Waals surface area (Å²) in [6, 6.07) is 1.69. The minimum absolute atomic E-state index is 0.167. The number of carbonyl (C=O) groups excluding carboxylic acids is 3. The standard InChI is InChI=1S/C22H34N6O4/c1-22(21(31)24-16-6-3-4-7-16)15-28-18(20(30)26(22)2)14-17(25-28)19(29)23-8-5-9-27-10-12-32-13-11-27/h14,16H,3-13,15H2,1-2H3,(H,23,29)(H,24,31). The first-order valence-electron chi connectivity index (χ1n) is 11.6. The van der Waals surface area contributed by atoms with E-state index in [0.29, 0.717) is 12.2 Å². The molecule has 1 aromatic rings. The van der Waals surface area contributed by atoms with E-state index in [1.807, 2.05) is 0 Å². The number of hydrogen-bond acceptors (Lipinski definition) is 6. The Morgan fingerprint density at radius 1 is 1.25 bits per heavy atom. The summed E-state index contributed by atoms with van der Waals surface area (Å²) in [5, 5.41) is 10.3. The van der Waals surface area contributed by atoms with E-state index in [-0.39, 0.29) is 36.0 Å². The Hall–Kier alpha value is -2.46. The summed E-state index contributed by atoms with van der Waals surface area (Å²) in [6.07, 6.45) is 5.01. The molecule has 1 saturated heterocycles. The minimum Gasteiger partial charge on any atom is -0.379 e. The van der Waals surface area contributed by atoms with Crippen LogP contribution in [0.5, 0.6) is 0 Å². The molecule has 0 aromatic carbocycles. The van der Waals surface area contributed by atoms with Crippen LogP contribution in [0.3, 0.4) is 0 Å². The first-order valence-corrected chi connectivity index (χ1v) is 11.6. The molecule has 1 saturated carbocycles. The Morgan fingerprint density at radius 2 is 1.97 bits per heavy atom. The Bertz CT molecular complexity index is 859. The molecule has 1 unspecified atom stereocenters. The summed E-state index contributed by atoms with van der Waals surface area (Å²) in [6.45, 7) is 6.77. The summed E-state index contributed by atoms with van der Waals surface area (Å²) in [7, 11) is 1.64. The van der Waals surface area contributed by atoms with Gasteiger partial charge >= 0.3 is 0 Å². The predicted molar refractivity (Wildman–Crippen MR) is 117 cm³/mol. The molecular weight excluding hydrogens is 412 g/mol. The lowest BCUT2D eigenvalue weighted by Gasteiger charge is -2.41. The van der Waals surface area contributed by atoms with E-state index in [1.165, 1.54) is 15.6 Å². The maximum absolute atomic E-state index is 13.0. The number of aromatic nitrogens is 2. The summed E-state index contributed by atoms with van der Waals surface area (Å²) >= 11 is 0. The third-order valence-electron chi connectivity index (χ3n) is 6.95. The highest BCUT2D eigenvalue weighted by molar-refractivity contribution is 6.01. The van der Waals surface area contributed by atoms with Crippen LogP contribution >= 0.6 is 0 Å². The fraction of sp³-hybridized carbons (Fsp3) is 0.727. The Balaban J connectivity index is 1.36. The highest BCUT2D eigenvalue weighted by Gasteiger charge is 2.46. The predicted octanol–water partition coefficient (Wildman–Crippen LogP) is 0.238. The number of likely N-dealkylation sites (N-methyl/N-ethyl adjacent to an activating group) is 1. The van der Waals surface area contributed by atoms with E-state index < -0.39 is 5.54 Å². The minimum atomic E-state index is -1.05. The van der Waals surface area contributed by atoms with Gasteiger partial charge in [0.25, 0.3) is 11.8 Å². The van der Waals surface area contributed by atoms with Crippen molar-refractivity contribution in [3.63, 3.8) is 0 Å². The molecular formula is C22H34N6O4. The molecule has 3 heterocycles. The second kappa shape index (κ2) is 9.58. The van der Waals surface area contributed by atoms with Crippen LogP contribution in [0.25, 0.3) is 0 Å². The van der Waals surface area contributed by atoms with Gasteiger partial charge in [-0.05, 0) is 32.7 Å². The average Bonchev–Trinajstić information content (AvgIpc) is 3.45. The van der Waals surface area contributed by atoms with Crippen molar-refractivity contribution in [3.8, 4) is 0 Å². The van der Waals surface area contributed by atoms with Gasteiger partial charge in [-0.1, -0.05) is 12.8 Å². The van der Waals surface area contributed by atoms with Gasteiger partial charge in [-0.25, -0.2) is 0 Å². The van der Waals surface area contributed by atoms with Crippen LogP contribution in [0.2, 0.25) is 0 Å². The quantitative estimate of drug-likeness (QED) is 0.581. The number of nitrogens with one attached hydrogen (secondary N) is 2. The molecule has 3 aliphatic rings. The van der Waals surface area contributed by atoms with Crippen LogP contribution in [0, 0.1) is 0 Å². The van der Waals surface area contributed by atoms with Gasteiger partial charge in [0, 0.05) is 38.8 Å². The maximum Gasteiger partial charge on any atom is 0.272 e. The van der Waals surface area contributed by atoms with E-state index in [0.717, 1.165) is 65.0 Å². The van der Waals surface area contributed by atoms with Crippen molar-refractivity contribution >= 4 is 17.7 Å². The summed E-state index contributed by atoms with van der Waals surface area (Å²) in [5.41, 5.74) is -0.518. The lowest BCUT2D eigenvalue weighted by molar-refractivity contribution is -0.133. The summed E-state index contributed by atoms with van der Waals surface area (Å²) in [5.74, 6) is -0.781. The number of fused-ring (bicyclic) bond motifs is 1. The topological polar surface area (TPSA) is 109 Å². The van der Waals surface area contributed by atoms with E-state index in [2.05, 4.69) is 20.6 Å². The van der Waals surface area contributed by atoms with E-state index >= 15 is 0 Å². The fourth-order valence-corrected chi connectivity index (χ4v) is 4.67.